The molecule has 3 rings (SSSR count). The molecular weight excluding hydrogens is 790 g/mol. The largest absolute Gasteiger partial charge is 0.379 e. The molecule has 2 heterocycles. The van der Waals surface area contributed by atoms with Crippen molar-refractivity contribution in [2.24, 2.45) is 0 Å². The number of halogens is 1. The van der Waals surface area contributed by atoms with Gasteiger partial charge in [-0.15, -0.1) is 0 Å². The molecule has 1 atom stereocenters. The molecular formula is C37H56BrN3O14. The predicted octanol–water partition coefficient (Wildman–Crippen LogP) is 2.13. The third kappa shape index (κ3) is 18.7. The number of unbranched alkanes of at least 4 members (excludes halogenated alkanes) is 2. The van der Waals surface area contributed by atoms with E-state index in [1.165, 1.54) is 6.07 Å². The van der Waals surface area contributed by atoms with Gasteiger partial charge in [0.1, 0.15) is 6.04 Å². The van der Waals surface area contributed by atoms with E-state index in [0.29, 0.717) is 125 Å². The zero-order valence-corrected chi connectivity index (χ0v) is 33.1. The number of alkyl halides is 1. The SMILES string of the molecule is O=C1CCC(N2C(=O)c3cccc(NC(=O)CCCCCOCCOCCOCCOCCOCCOCCOCCOCCOCCBr)c3C2=O)C(=O)N1. The van der Waals surface area contributed by atoms with Crippen LogP contribution in [0.2, 0.25) is 0 Å². The average Bonchev–Trinajstić information content (AvgIpc) is 3.43. The number of nitrogens with zero attached hydrogens (tertiary/aromatic N) is 1. The van der Waals surface area contributed by atoms with Crippen molar-refractivity contribution in [3.8, 4) is 0 Å². The Morgan fingerprint density at radius 3 is 1.58 bits per heavy atom. The van der Waals surface area contributed by atoms with E-state index in [-0.39, 0.29) is 42.0 Å². The lowest BCUT2D eigenvalue weighted by molar-refractivity contribution is -0.136. The lowest BCUT2D eigenvalue weighted by Gasteiger charge is -2.27. The number of rotatable bonds is 34. The fraction of sp³-hybridized carbons (Fsp3) is 0.703. The van der Waals surface area contributed by atoms with Gasteiger partial charge in [-0.3, -0.25) is 34.2 Å². The third-order valence-electron chi connectivity index (χ3n) is 8.13. The van der Waals surface area contributed by atoms with Gasteiger partial charge >= 0.3 is 0 Å². The molecule has 1 fully saturated rings. The number of hydrogen-bond donors (Lipinski definition) is 2. The van der Waals surface area contributed by atoms with Gasteiger partial charge in [0.15, 0.2) is 0 Å². The van der Waals surface area contributed by atoms with Crippen molar-refractivity contribution in [1.29, 1.82) is 0 Å². The highest BCUT2D eigenvalue weighted by atomic mass is 79.9. The van der Waals surface area contributed by atoms with Crippen molar-refractivity contribution in [3.63, 3.8) is 0 Å². The maximum absolute atomic E-state index is 13.2. The highest BCUT2D eigenvalue weighted by Crippen LogP contribution is 2.32. The van der Waals surface area contributed by atoms with Crippen molar-refractivity contribution in [2.75, 3.05) is 130 Å². The second kappa shape index (κ2) is 29.3. The van der Waals surface area contributed by atoms with E-state index in [0.717, 1.165) is 23.1 Å². The number of hydrogen-bond acceptors (Lipinski definition) is 14. The van der Waals surface area contributed by atoms with Crippen LogP contribution in [0.1, 0.15) is 59.2 Å². The molecule has 1 aromatic carbocycles. The van der Waals surface area contributed by atoms with Crippen LogP contribution in [0.15, 0.2) is 18.2 Å². The number of fused-ring (bicyclic) bond motifs is 1. The quantitative estimate of drug-likeness (QED) is 0.0582. The van der Waals surface area contributed by atoms with Crippen LogP contribution in [0.3, 0.4) is 0 Å². The van der Waals surface area contributed by atoms with Crippen LogP contribution in [0.5, 0.6) is 0 Å². The molecule has 2 N–H and O–H groups in total. The number of carbonyl (C=O) groups is 5. The van der Waals surface area contributed by atoms with Gasteiger partial charge in [0.25, 0.3) is 11.8 Å². The van der Waals surface area contributed by atoms with E-state index in [9.17, 15) is 24.0 Å². The van der Waals surface area contributed by atoms with Gasteiger partial charge in [0, 0.05) is 24.8 Å². The van der Waals surface area contributed by atoms with E-state index in [1.54, 1.807) is 12.1 Å². The first-order chi connectivity index (χ1) is 26.9. The fourth-order valence-corrected chi connectivity index (χ4v) is 5.64. The Morgan fingerprint density at radius 1 is 0.636 bits per heavy atom. The topological polar surface area (TPSA) is 196 Å². The summed E-state index contributed by atoms with van der Waals surface area (Å²) in [4.78, 5) is 63.5. The van der Waals surface area contributed by atoms with Crippen LogP contribution >= 0.6 is 15.9 Å². The van der Waals surface area contributed by atoms with Crippen LogP contribution in [0, 0.1) is 0 Å². The first kappa shape index (κ1) is 46.5. The molecule has 0 aromatic heterocycles. The van der Waals surface area contributed by atoms with Crippen molar-refractivity contribution in [1.82, 2.24) is 10.2 Å². The predicted molar refractivity (Wildman–Crippen MR) is 201 cm³/mol. The minimum absolute atomic E-state index is 0.0295. The second-order valence-electron chi connectivity index (χ2n) is 12.2. The zero-order valence-electron chi connectivity index (χ0n) is 31.5. The van der Waals surface area contributed by atoms with Crippen LogP contribution < -0.4 is 10.6 Å². The molecule has 0 radical (unpaired) electrons. The third-order valence-corrected chi connectivity index (χ3v) is 8.46. The number of ether oxygens (including phenoxy) is 9. The molecule has 5 amide bonds. The van der Waals surface area contributed by atoms with E-state index in [1.807, 2.05) is 0 Å². The molecule has 55 heavy (non-hydrogen) atoms. The smallest absolute Gasteiger partial charge is 0.264 e. The molecule has 17 nitrogen and oxygen atoms in total. The molecule has 1 unspecified atom stereocenters. The monoisotopic (exact) mass is 845 g/mol. The maximum atomic E-state index is 13.2. The summed E-state index contributed by atoms with van der Waals surface area (Å²) in [6, 6.07) is 3.53. The number of nitrogens with one attached hydrogen (secondary N) is 2. The molecule has 2 aliphatic rings. The van der Waals surface area contributed by atoms with E-state index in [2.05, 4.69) is 26.6 Å². The molecule has 2 aliphatic heterocycles. The molecule has 18 heteroatoms. The van der Waals surface area contributed by atoms with E-state index < -0.39 is 29.7 Å². The van der Waals surface area contributed by atoms with Crippen LogP contribution in [0.4, 0.5) is 5.69 Å². The Labute approximate surface area is 330 Å². The Balaban J connectivity index is 1.04. The molecule has 1 saturated heterocycles. The molecule has 1 aromatic rings. The van der Waals surface area contributed by atoms with Gasteiger partial charge in [0.05, 0.1) is 129 Å². The number of amides is 5. The minimum atomic E-state index is -1.07. The van der Waals surface area contributed by atoms with Crippen LogP contribution in [-0.2, 0) is 57.0 Å². The number of carbonyl (C=O) groups excluding carboxylic acids is 5. The number of benzene rings is 1. The Kier molecular flexibility index (Phi) is 24.8. The molecule has 0 spiro atoms. The summed E-state index contributed by atoms with van der Waals surface area (Å²) < 4.78 is 49.1. The van der Waals surface area contributed by atoms with E-state index in [4.69, 9.17) is 42.6 Å². The van der Waals surface area contributed by atoms with Gasteiger partial charge in [-0.2, -0.15) is 0 Å². The summed E-state index contributed by atoms with van der Waals surface area (Å²) in [5.74, 6) is -2.71. The summed E-state index contributed by atoms with van der Waals surface area (Å²) in [5.41, 5.74) is 0.386. The number of piperidine rings is 1. The summed E-state index contributed by atoms with van der Waals surface area (Å²) in [5, 5.41) is 5.73. The van der Waals surface area contributed by atoms with Crippen molar-refractivity contribution in [3.05, 3.63) is 29.3 Å². The van der Waals surface area contributed by atoms with E-state index >= 15 is 0 Å². The van der Waals surface area contributed by atoms with Gasteiger partial charge in [0.2, 0.25) is 17.7 Å². The lowest BCUT2D eigenvalue weighted by Crippen LogP contribution is -2.54. The zero-order chi connectivity index (χ0) is 39.4. The standard InChI is InChI=1S/C37H56BrN3O14/c38-10-12-48-14-16-50-18-20-52-22-24-54-26-28-55-27-25-53-23-21-51-19-17-49-15-13-47-11-3-1-2-7-32(42)39-30-6-4-5-29-34(30)37(46)41(36(29)45)31-8-9-33(43)40-35(31)44/h4-6,31H,1-3,7-28H2,(H,39,42)(H,40,43,44). The fourth-order valence-electron chi connectivity index (χ4n) is 5.41. The molecule has 0 saturated carbocycles. The second-order valence-corrected chi connectivity index (χ2v) is 13.0. The summed E-state index contributed by atoms with van der Waals surface area (Å²) in [7, 11) is 0. The highest BCUT2D eigenvalue weighted by Gasteiger charge is 2.45. The minimum Gasteiger partial charge on any atom is -0.379 e. The number of anilines is 1. The molecule has 0 aliphatic carbocycles. The first-order valence-corrected chi connectivity index (χ1v) is 20.0. The normalized spacial score (nSPS) is 15.5. The van der Waals surface area contributed by atoms with Crippen molar-refractivity contribution >= 4 is 51.2 Å². The molecule has 0 bridgehead atoms. The van der Waals surface area contributed by atoms with Gasteiger partial charge < -0.3 is 47.9 Å². The van der Waals surface area contributed by atoms with Gasteiger partial charge in [-0.1, -0.05) is 28.4 Å². The molecule has 310 valence electrons. The average molecular weight is 847 g/mol. The Hall–Kier alpha value is -2.91. The Bertz CT molecular complexity index is 1310. The lowest BCUT2D eigenvalue weighted by atomic mass is 10.0. The van der Waals surface area contributed by atoms with Crippen LogP contribution in [0.25, 0.3) is 0 Å². The summed E-state index contributed by atoms with van der Waals surface area (Å²) in [6.07, 6.45) is 2.46. The Morgan fingerprint density at radius 2 is 1.11 bits per heavy atom. The van der Waals surface area contributed by atoms with Gasteiger partial charge in [-0.05, 0) is 31.4 Å². The number of imide groups is 2. The maximum Gasteiger partial charge on any atom is 0.264 e. The highest BCUT2D eigenvalue weighted by molar-refractivity contribution is 9.09. The van der Waals surface area contributed by atoms with Gasteiger partial charge in [-0.25, -0.2) is 0 Å². The first-order valence-electron chi connectivity index (χ1n) is 18.8. The summed E-state index contributed by atoms with van der Waals surface area (Å²) in [6.45, 7) is 9.11. The summed E-state index contributed by atoms with van der Waals surface area (Å²) >= 11 is 3.30. The van der Waals surface area contributed by atoms with Crippen LogP contribution in [-0.4, -0.2) is 165 Å². The van der Waals surface area contributed by atoms with Crippen molar-refractivity contribution < 1.29 is 66.6 Å². The van der Waals surface area contributed by atoms with Crippen molar-refractivity contribution in [2.45, 2.75) is 44.6 Å².